The number of fused-ring (bicyclic) bond motifs is 1. The lowest BCUT2D eigenvalue weighted by Crippen LogP contribution is -2.38. The maximum atomic E-state index is 4.27. The fraction of sp³-hybridized carbons (Fsp3) is 0.235. The van der Waals surface area contributed by atoms with Crippen LogP contribution in [0.5, 0.6) is 0 Å². The van der Waals surface area contributed by atoms with Crippen LogP contribution in [0.1, 0.15) is 23.0 Å². The molecule has 3 aromatic rings. The molecule has 0 N–H and O–H groups in total. The Labute approximate surface area is 129 Å². The van der Waals surface area contributed by atoms with E-state index in [2.05, 4.69) is 75.0 Å². The number of nitrogens with zero attached hydrogens (tertiary/aromatic N) is 5. The van der Waals surface area contributed by atoms with E-state index >= 15 is 0 Å². The van der Waals surface area contributed by atoms with Gasteiger partial charge in [0.2, 0.25) is 0 Å². The van der Waals surface area contributed by atoms with Gasteiger partial charge in [0.1, 0.15) is 0 Å². The Kier molecular flexibility index (Phi) is 3.40. The minimum absolute atomic E-state index is 0.102. The van der Waals surface area contributed by atoms with Crippen LogP contribution in [-0.2, 0) is 13.1 Å². The quantitative estimate of drug-likeness (QED) is 0.743. The van der Waals surface area contributed by atoms with Crippen molar-refractivity contribution in [2.75, 3.05) is 6.54 Å². The van der Waals surface area contributed by atoms with Crippen LogP contribution in [0.3, 0.4) is 0 Å². The molecule has 1 aliphatic heterocycles. The van der Waals surface area contributed by atoms with Crippen molar-refractivity contribution in [1.82, 2.24) is 25.1 Å². The second kappa shape index (κ2) is 5.69. The van der Waals surface area contributed by atoms with E-state index < -0.39 is 0 Å². The first-order chi connectivity index (χ1) is 10.9. The molecule has 1 atom stereocenters. The molecule has 5 nitrogen and oxygen atoms in total. The first-order valence-electron chi connectivity index (χ1n) is 7.51. The summed E-state index contributed by atoms with van der Waals surface area (Å²) >= 11 is 0. The van der Waals surface area contributed by atoms with E-state index in [1.807, 2.05) is 10.7 Å². The van der Waals surface area contributed by atoms with Crippen LogP contribution >= 0.6 is 0 Å². The van der Waals surface area contributed by atoms with Crippen molar-refractivity contribution in [2.45, 2.75) is 19.1 Å². The molecule has 0 saturated heterocycles. The standard InChI is InChI=1S/C17H17N5/c1-3-7-14(8-4-1)13-21-11-12-22-17(18-19-20-22)16(21)15-9-5-2-6-10-15/h1-10,16H,11-13H2. The topological polar surface area (TPSA) is 46.8 Å². The second-order valence-corrected chi connectivity index (χ2v) is 5.53. The van der Waals surface area contributed by atoms with E-state index in [0.29, 0.717) is 0 Å². The zero-order chi connectivity index (χ0) is 14.8. The summed E-state index contributed by atoms with van der Waals surface area (Å²) in [5, 5.41) is 12.2. The maximum absolute atomic E-state index is 4.27. The number of hydrogen-bond acceptors (Lipinski definition) is 4. The Morgan fingerprint density at radius 2 is 1.64 bits per heavy atom. The zero-order valence-corrected chi connectivity index (χ0v) is 12.2. The molecule has 1 aliphatic rings. The first kappa shape index (κ1) is 13.2. The highest BCUT2D eigenvalue weighted by Crippen LogP contribution is 2.30. The lowest BCUT2D eigenvalue weighted by Gasteiger charge is -2.34. The summed E-state index contributed by atoms with van der Waals surface area (Å²) in [5.41, 5.74) is 2.54. The maximum Gasteiger partial charge on any atom is 0.173 e. The van der Waals surface area contributed by atoms with Gasteiger partial charge in [-0.2, -0.15) is 0 Å². The molecule has 0 spiro atoms. The van der Waals surface area contributed by atoms with Gasteiger partial charge in [-0.15, -0.1) is 5.10 Å². The van der Waals surface area contributed by atoms with Gasteiger partial charge < -0.3 is 0 Å². The summed E-state index contributed by atoms with van der Waals surface area (Å²) in [6, 6.07) is 21.1. The lowest BCUT2D eigenvalue weighted by atomic mass is 10.0. The second-order valence-electron chi connectivity index (χ2n) is 5.53. The van der Waals surface area contributed by atoms with Crippen molar-refractivity contribution in [1.29, 1.82) is 0 Å². The molecule has 2 aromatic carbocycles. The van der Waals surface area contributed by atoms with Crippen molar-refractivity contribution in [3.63, 3.8) is 0 Å². The van der Waals surface area contributed by atoms with Crippen molar-refractivity contribution in [3.05, 3.63) is 77.6 Å². The molecule has 5 heteroatoms. The molecule has 4 rings (SSSR count). The summed E-state index contributed by atoms with van der Waals surface area (Å²) in [6.07, 6.45) is 0. The Morgan fingerprint density at radius 1 is 0.909 bits per heavy atom. The third kappa shape index (κ3) is 2.40. The van der Waals surface area contributed by atoms with E-state index in [1.165, 1.54) is 11.1 Å². The monoisotopic (exact) mass is 291 g/mol. The molecule has 0 amide bonds. The highest BCUT2D eigenvalue weighted by Gasteiger charge is 2.31. The van der Waals surface area contributed by atoms with Crippen LogP contribution in [0.15, 0.2) is 60.7 Å². The van der Waals surface area contributed by atoms with Crippen LogP contribution < -0.4 is 0 Å². The normalized spacial score (nSPS) is 18.1. The minimum Gasteiger partial charge on any atom is -0.284 e. The number of rotatable bonds is 3. The molecule has 1 unspecified atom stereocenters. The van der Waals surface area contributed by atoms with Crippen LogP contribution in [0.2, 0.25) is 0 Å². The van der Waals surface area contributed by atoms with Gasteiger partial charge in [-0.1, -0.05) is 60.7 Å². The number of tetrazole rings is 1. The van der Waals surface area contributed by atoms with Gasteiger partial charge in [-0.25, -0.2) is 4.68 Å². The third-order valence-electron chi connectivity index (χ3n) is 4.11. The van der Waals surface area contributed by atoms with E-state index in [0.717, 1.165) is 25.5 Å². The van der Waals surface area contributed by atoms with Gasteiger partial charge >= 0.3 is 0 Å². The Hall–Kier alpha value is -2.53. The van der Waals surface area contributed by atoms with Gasteiger partial charge in [0.05, 0.1) is 12.6 Å². The molecule has 110 valence electrons. The van der Waals surface area contributed by atoms with Gasteiger partial charge in [-0.3, -0.25) is 4.90 Å². The summed E-state index contributed by atoms with van der Waals surface area (Å²) in [6.45, 7) is 2.66. The number of hydrogen-bond donors (Lipinski definition) is 0. The lowest BCUT2D eigenvalue weighted by molar-refractivity contribution is 0.164. The number of aromatic nitrogens is 4. The molecule has 1 aromatic heterocycles. The first-order valence-corrected chi connectivity index (χ1v) is 7.51. The van der Waals surface area contributed by atoms with Crippen LogP contribution in [0, 0.1) is 0 Å². The van der Waals surface area contributed by atoms with Gasteiger partial charge in [-0.05, 0) is 21.6 Å². The van der Waals surface area contributed by atoms with Crippen molar-refractivity contribution >= 4 is 0 Å². The van der Waals surface area contributed by atoms with Crippen molar-refractivity contribution in [3.8, 4) is 0 Å². The number of benzene rings is 2. The largest absolute Gasteiger partial charge is 0.284 e. The SMILES string of the molecule is c1ccc(CN2CCn3nnnc3C2c2ccccc2)cc1. The summed E-state index contributed by atoms with van der Waals surface area (Å²) < 4.78 is 1.92. The van der Waals surface area contributed by atoms with E-state index in [4.69, 9.17) is 0 Å². The summed E-state index contributed by atoms with van der Waals surface area (Å²) in [7, 11) is 0. The van der Waals surface area contributed by atoms with E-state index in [-0.39, 0.29) is 6.04 Å². The predicted octanol–water partition coefficient (Wildman–Crippen LogP) is 2.28. The molecule has 0 saturated carbocycles. The van der Waals surface area contributed by atoms with Crippen molar-refractivity contribution in [2.24, 2.45) is 0 Å². The van der Waals surface area contributed by atoms with Crippen molar-refractivity contribution < 1.29 is 0 Å². The van der Waals surface area contributed by atoms with Crippen LogP contribution in [-0.4, -0.2) is 31.7 Å². The molecular weight excluding hydrogens is 274 g/mol. The highest BCUT2D eigenvalue weighted by atomic mass is 15.6. The molecular formula is C17H17N5. The molecule has 2 heterocycles. The molecule has 22 heavy (non-hydrogen) atoms. The molecule has 0 aliphatic carbocycles. The smallest absolute Gasteiger partial charge is 0.173 e. The fourth-order valence-corrected chi connectivity index (χ4v) is 3.07. The van der Waals surface area contributed by atoms with Crippen LogP contribution in [0.25, 0.3) is 0 Å². The van der Waals surface area contributed by atoms with Gasteiger partial charge in [0.15, 0.2) is 5.82 Å². The fourth-order valence-electron chi connectivity index (χ4n) is 3.07. The molecule has 0 radical (unpaired) electrons. The highest BCUT2D eigenvalue weighted by molar-refractivity contribution is 5.26. The van der Waals surface area contributed by atoms with E-state index in [9.17, 15) is 0 Å². The zero-order valence-electron chi connectivity index (χ0n) is 12.2. The van der Waals surface area contributed by atoms with Gasteiger partial charge in [0, 0.05) is 13.1 Å². The average Bonchev–Trinajstić information content (AvgIpc) is 3.05. The van der Waals surface area contributed by atoms with E-state index in [1.54, 1.807) is 0 Å². The summed E-state index contributed by atoms with van der Waals surface area (Å²) in [4.78, 5) is 2.44. The molecule has 0 bridgehead atoms. The Balaban J connectivity index is 1.71. The predicted molar refractivity (Wildman–Crippen MR) is 83.0 cm³/mol. The summed E-state index contributed by atoms with van der Waals surface area (Å²) in [5.74, 6) is 0.924. The minimum atomic E-state index is 0.102. The van der Waals surface area contributed by atoms with Gasteiger partial charge in [0.25, 0.3) is 0 Å². The van der Waals surface area contributed by atoms with Crippen LogP contribution in [0.4, 0.5) is 0 Å². The third-order valence-corrected chi connectivity index (χ3v) is 4.11. The Morgan fingerprint density at radius 3 is 2.41 bits per heavy atom. The average molecular weight is 291 g/mol. The Bertz CT molecular complexity index is 738. The molecule has 0 fully saturated rings.